The smallest absolute Gasteiger partial charge is 0.146 e. The number of aryl methyl sites for hydroxylation is 1. The first-order valence-corrected chi connectivity index (χ1v) is 16.4. The normalized spacial score (nSPS) is 14.6. The fraction of sp³-hybridized carbons (Fsp3) is 0.0930. The lowest BCUT2D eigenvalue weighted by Crippen LogP contribution is -2.07. The number of rotatable bonds is 4. The molecule has 0 radical (unpaired) electrons. The molecular weight excluding hydrogens is 601 g/mol. The van der Waals surface area contributed by atoms with E-state index in [0.717, 1.165) is 94.9 Å². The van der Waals surface area contributed by atoms with E-state index in [9.17, 15) is 0 Å². The number of benzene rings is 3. The predicted octanol–water partition coefficient (Wildman–Crippen LogP) is 10.3. The maximum Gasteiger partial charge on any atom is 0.146 e. The molecule has 236 valence electrons. The molecule has 0 saturated carbocycles. The molecule has 6 heteroatoms. The zero-order valence-corrected chi connectivity index (χ0v) is 27.7. The number of pyridine rings is 3. The topological polar surface area (TPSA) is 68.3 Å². The summed E-state index contributed by atoms with van der Waals surface area (Å²) in [5.41, 5.74) is 12.9. The number of allylic oxidation sites excluding steroid dienone is 3. The number of hydrogen-bond acceptors (Lipinski definition) is 5. The lowest BCUT2D eigenvalue weighted by Gasteiger charge is -2.10. The van der Waals surface area contributed by atoms with Gasteiger partial charge in [0, 0.05) is 41.2 Å². The van der Waals surface area contributed by atoms with Crippen LogP contribution < -0.4 is 0 Å². The van der Waals surface area contributed by atoms with Gasteiger partial charge in [0.2, 0.25) is 0 Å². The van der Waals surface area contributed by atoms with Crippen LogP contribution >= 0.6 is 0 Å². The summed E-state index contributed by atoms with van der Waals surface area (Å²) in [7, 11) is 0. The lowest BCUT2D eigenvalue weighted by molar-refractivity contribution is 1.13. The van der Waals surface area contributed by atoms with Crippen LogP contribution in [0.1, 0.15) is 36.2 Å². The van der Waals surface area contributed by atoms with Crippen LogP contribution in [0.4, 0.5) is 5.69 Å². The molecule has 0 N–H and O–H groups in total. The fourth-order valence-electron chi connectivity index (χ4n) is 6.63. The first-order valence-electron chi connectivity index (χ1n) is 16.4. The van der Waals surface area contributed by atoms with Gasteiger partial charge in [-0.05, 0) is 90.6 Å². The Balaban J connectivity index is 1.15. The molecule has 4 aromatic heterocycles. The Labute approximate surface area is 285 Å². The third-order valence-electron chi connectivity index (χ3n) is 9.21. The predicted molar refractivity (Wildman–Crippen MR) is 205 cm³/mol. The molecule has 8 rings (SSSR count). The van der Waals surface area contributed by atoms with Gasteiger partial charge in [-0.25, -0.2) is 9.98 Å². The highest BCUT2D eigenvalue weighted by Crippen LogP contribution is 2.34. The molecule has 3 aromatic carbocycles. The second kappa shape index (κ2) is 12.4. The summed E-state index contributed by atoms with van der Waals surface area (Å²) < 4.78 is 2.15. The zero-order chi connectivity index (χ0) is 33.5. The fourth-order valence-corrected chi connectivity index (χ4v) is 6.63. The minimum absolute atomic E-state index is 0.641. The van der Waals surface area contributed by atoms with E-state index in [0.29, 0.717) is 6.42 Å². The van der Waals surface area contributed by atoms with E-state index in [1.54, 1.807) is 0 Å². The first kappa shape index (κ1) is 30.1. The number of aromatic nitrogens is 4. The Morgan fingerprint density at radius 2 is 1.59 bits per heavy atom. The Morgan fingerprint density at radius 1 is 0.816 bits per heavy atom. The van der Waals surface area contributed by atoms with E-state index in [1.807, 2.05) is 56.7 Å². The summed E-state index contributed by atoms with van der Waals surface area (Å²) in [5, 5.41) is 3.28. The van der Waals surface area contributed by atoms with Gasteiger partial charge in [-0.1, -0.05) is 79.4 Å². The van der Waals surface area contributed by atoms with Gasteiger partial charge in [-0.2, -0.15) is 0 Å². The molecular formula is C43H34N6. The van der Waals surface area contributed by atoms with Gasteiger partial charge in [0.25, 0.3) is 0 Å². The van der Waals surface area contributed by atoms with Crippen molar-refractivity contribution >= 4 is 61.8 Å². The van der Waals surface area contributed by atoms with Crippen molar-refractivity contribution in [3.8, 4) is 11.1 Å². The van der Waals surface area contributed by atoms with Crippen LogP contribution in [0.2, 0.25) is 0 Å². The highest BCUT2D eigenvalue weighted by Gasteiger charge is 2.17. The third kappa shape index (κ3) is 5.47. The van der Waals surface area contributed by atoms with Crippen molar-refractivity contribution in [1.82, 2.24) is 19.5 Å². The molecule has 4 heterocycles. The van der Waals surface area contributed by atoms with Crippen molar-refractivity contribution in [2.24, 2.45) is 9.98 Å². The van der Waals surface area contributed by atoms with Crippen molar-refractivity contribution in [1.29, 1.82) is 0 Å². The molecule has 1 aliphatic carbocycles. The van der Waals surface area contributed by atoms with Crippen LogP contribution in [0.15, 0.2) is 144 Å². The lowest BCUT2D eigenvalue weighted by atomic mass is 10.0. The summed E-state index contributed by atoms with van der Waals surface area (Å²) in [6.07, 6.45) is 12.3. The van der Waals surface area contributed by atoms with Crippen molar-refractivity contribution < 1.29 is 0 Å². The van der Waals surface area contributed by atoms with Crippen LogP contribution in [-0.4, -0.2) is 31.1 Å². The monoisotopic (exact) mass is 634 g/mol. The van der Waals surface area contributed by atoms with E-state index in [4.69, 9.17) is 15.0 Å². The van der Waals surface area contributed by atoms with E-state index < -0.39 is 0 Å². The molecule has 0 bridgehead atoms. The van der Waals surface area contributed by atoms with Crippen LogP contribution in [0.25, 0.3) is 55.7 Å². The van der Waals surface area contributed by atoms with E-state index in [2.05, 4.69) is 113 Å². The van der Waals surface area contributed by atoms with Crippen LogP contribution in [0, 0.1) is 6.92 Å². The Kier molecular flexibility index (Phi) is 7.61. The molecule has 0 spiro atoms. The van der Waals surface area contributed by atoms with Crippen molar-refractivity contribution in [2.75, 3.05) is 0 Å². The quantitative estimate of drug-likeness (QED) is 0.143. The number of fused-ring (bicyclic) bond motifs is 5. The van der Waals surface area contributed by atoms with Gasteiger partial charge in [0.1, 0.15) is 11.5 Å². The molecule has 0 amide bonds. The van der Waals surface area contributed by atoms with Gasteiger partial charge in [-0.15, -0.1) is 0 Å². The molecule has 0 saturated heterocycles. The molecule has 6 nitrogen and oxygen atoms in total. The van der Waals surface area contributed by atoms with Gasteiger partial charge in [0.05, 0.1) is 33.8 Å². The summed E-state index contributed by atoms with van der Waals surface area (Å²) in [5.74, 6) is 0.837. The Bertz CT molecular complexity index is 2560. The Hall–Kier alpha value is -6.27. The van der Waals surface area contributed by atoms with Crippen LogP contribution in [0.3, 0.4) is 0 Å². The van der Waals surface area contributed by atoms with Gasteiger partial charge >= 0.3 is 0 Å². The summed E-state index contributed by atoms with van der Waals surface area (Å²) in [6, 6.07) is 31.6. The second-order valence-electron chi connectivity index (χ2n) is 12.3. The number of hydrogen-bond donors (Lipinski definition) is 0. The third-order valence-corrected chi connectivity index (χ3v) is 9.21. The minimum atomic E-state index is 0.641. The summed E-state index contributed by atoms with van der Waals surface area (Å²) >= 11 is 0. The minimum Gasteiger partial charge on any atom is -0.282 e. The van der Waals surface area contributed by atoms with Gasteiger partial charge < -0.3 is 0 Å². The van der Waals surface area contributed by atoms with Gasteiger partial charge in [0.15, 0.2) is 0 Å². The molecule has 49 heavy (non-hydrogen) atoms. The highest BCUT2D eigenvalue weighted by molar-refractivity contribution is 6.14. The van der Waals surface area contributed by atoms with Crippen molar-refractivity contribution in [3.05, 3.63) is 156 Å². The van der Waals surface area contributed by atoms with Crippen molar-refractivity contribution in [2.45, 2.75) is 27.2 Å². The van der Waals surface area contributed by atoms with Gasteiger partial charge in [-0.3, -0.25) is 19.5 Å². The summed E-state index contributed by atoms with van der Waals surface area (Å²) in [6.45, 7) is 10.4. The first-order chi connectivity index (χ1) is 24.0. The average Bonchev–Trinajstić information content (AvgIpc) is 3.38. The molecule has 0 unspecified atom stereocenters. The maximum atomic E-state index is 5.16. The molecule has 7 aromatic rings. The molecule has 1 aliphatic rings. The number of aliphatic imine (C=N–C) groups is 2. The average molecular weight is 635 g/mol. The molecule has 0 aliphatic heterocycles. The maximum absolute atomic E-state index is 5.16. The largest absolute Gasteiger partial charge is 0.282 e. The van der Waals surface area contributed by atoms with Crippen molar-refractivity contribution in [3.63, 3.8) is 0 Å². The zero-order valence-electron chi connectivity index (χ0n) is 27.7. The van der Waals surface area contributed by atoms with E-state index in [-0.39, 0.29) is 0 Å². The highest BCUT2D eigenvalue weighted by atomic mass is 15.1. The molecule has 0 atom stereocenters. The molecule has 0 fully saturated rings. The van der Waals surface area contributed by atoms with E-state index in [1.165, 1.54) is 0 Å². The van der Waals surface area contributed by atoms with Crippen LogP contribution in [0.5, 0.6) is 0 Å². The second-order valence-corrected chi connectivity index (χ2v) is 12.3. The van der Waals surface area contributed by atoms with Crippen LogP contribution in [-0.2, 0) is 6.42 Å². The SMILES string of the molecule is C=C1C=Cc2cccnc2C/C1=N/C(=C\C)c1ccc(-c2ccc3c(c2)c2cccnc2n3/C(C)=N/c2c(C)ccc3cccnc23)cc1. The Morgan fingerprint density at radius 3 is 2.45 bits per heavy atom. The summed E-state index contributed by atoms with van der Waals surface area (Å²) in [4.78, 5) is 24.3. The number of nitrogens with zero attached hydrogens (tertiary/aromatic N) is 6. The van der Waals surface area contributed by atoms with E-state index >= 15 is 0 Å². The standard InChI is InChI=1S/C43H34N6/c1-5-37(48-38-26-39-31(9-6-22-44-39)14-12-27(38)2)32-18-16-30(17-19-32)34-20-21-40-36(25-34)35-11-8-24-46-43(35)49(40)29(4)47-41-28(3)13-15-33-10-7-23-45-42(33)41/h5-25H,2,26H2,1,3-4H3/b37-5-,47-29+,48-38-.